The number of anilines is 1. The van der Waals surface area contributed by atoms with Gasteiger partial charge in [-0.3, -0.25) is 14.3 Å². The number of nitrogens with one attached hydrogen (secondary N) is 1. The summed E-state index contributed by atoms with van der Waals surface area (Å²) in [6, 6.07) is 3.24. The number of nitrogens with zero attached hydrogens (tertiary/aromatic N) is 5. The van der Waals surface area contributed by atoms with E-state index in [-0.39, 0.29) is 37.6 Å². The lowest BCUT2D eigenvalue weighted by Crippen LogP contribution is -2.12. The molecule has 0 radical (unpaired) electrons. The Morgan fingerprint density at radius 3 is 2.31 bits per heavy atom. The molecule has 0 unspecified atom stereocenters. The molecule has 11 nitrogen and oxygen atoms in total. The molecule has 2 aromatic rings. The van der Waals surface area contributed by atoms with Gasteiger partial charge in [-0.15, -0.1) is 20.4 Å². The van der Waals surface area contributed by atoms with Crippen LogP contribution in [0.3, 0.4) is 0 Å². The standard InChI is InChI=1S/C14H19N6O5P/c1-3-24-26(23,25-4-2)9-12-17-19-14(20-18-12)11-6-5-10(7-16-11)15-8-13(21)22/h5-7,15H,3-4,8-9H2,1-2H3,(H,21,22). The lowest BCUT2D eigenvalue weighted by atomic mass is 10.3. The molecule has 0 atom stereocenters. The predicted molar refractivity (Wildman–Crippen MR) is 91.5 cm³/mol. The molecule has 2 rings (SSSR count). The van der Waals surface area contributed by atoms with Gasteiger partial charge >= 0.3 is 13.6 Å². The first kappa shape index (κ1) is 19.8. The molecular weight excluding hydrogens is 363 g/mol. The fourth-order valence-corrected chi connectivity index (χ4v) is 3.44. The summed E-state index contributed by atoms with van der Waals surface area (Å²) in [5, 5.41) is 27.0. The van der Waals surface area contributed by atoms with Crippen molar-refractivity contribution in [1.82, 2.24) is 25.4 Å². The van der Waals surface area contributed by atoms with Gasteiger partial charge < -0.3 is 19.5 Å². The summed E-state index contributed by atoms with van der Waals surface area (Å²) in [7, 11) is -3.33. The average Bonchev–Trinajstić information content (AvgIpc) is 2.61. The van der Waals surface area contributed by atoms with E-state index in [0.717, 1.165) is 0 Å². The van der Waals surface area contributed by atoms with E-state index in [0.29, 0.717) is 11.4 Å². The number of hydrogen-bond donors (Lipinski definition) is 2. The van der Waals surface area contributed by atoms with E-state index in [2.05, 4.69) is 30.7 Å². The van der Waals surface area contributed by atoms with Crippen LogP contribution in [0.2, 0.25) is 0 Å². The van der Waals surface area contributed by atoms with E-state index in [1.54, 1.807) is 26.0 Å². The molecule has 0 aromatic carbocycles. The van der Waals surface area contributed by atoms with Crippen LogP contribution in [0, 0.1) is 0 Å². The summed E-state index contributed by atoms with van der Waals surface area (Å²) >= 11 is 0. The molecule has 12 heteroatoms. The van der Waals surface area contributed by atoms with Crippen LogP contribution in [0.4, 0.5) is 5.69 Å². The molecule has 2 N–H and O–H groups in total. The highest BCUT2D eigenvalue weighted by Crippen LogP contribution is 2.50. The number of carbonyl (C=O) groups is 1. The van der Waals surface area contributed by atoms with E-state index in [9.17, 15) is 9.36 Å². The van der Waals surface area contributed by atoms with Gasteiger partial charge in [0.05, 0.1) is 25.1 Å². The van der Waals surface area contributed by atoms with Crippen molar-refractivity contribution in [2.75, 3.05) is 25.1 Å². The maximum Gasteiger partial charge on any atom is 0.338 e. The van der Waals surface area contributed by atoms with Crippen molar-refractivity contribution in [3.05, 3.63) is 24.2 Å². The van der Waals surface area contributed by atoms with Crippen molar-refractivity contribution >= 4 is 19.3 Å². The summed E-state index contributed by atoms with van der Waals surface area (Å²) < 4.78 is 22.8. The number of aliphatic carboxylic acids is 1. The first-order chi connectivity index (χ1) is 12.5. The molecule has 26 heavy (non-hydrogen) atoms. The van der Waals surface area contributed by atoms with Crippen LogP contribution in [-0.2, 0) is 24.6 Å². The summed E-state index contributed by atoms with van der Waals surface area (Å²) in [5.41, 5.74) is 0.957. The smallest absolute Gasteiger partial charge is 0.338 e. The Labute approximate surface area is 149 Å². The van der Waals surface area contributed by atoms with Gasteiger partial charge in [0.1, 0.15) is 18.4 Å². The Kier molecular flexibility index (Phi) is 7.07. The number of aromatic nitrogens is 5. The quantitative estimate of drug-likeness (QED) is 0.577. The monoisotopic (exact) mass is 382 g/mol. The molecule has 0 bridgehead atoms. The molecule has 2 heterocycles. The van der Waals surface area contributed by atoms with Crippen molar-refractivity contribution in [2.45, 2.75) is 20.0 Å². The van der Waals surface area contributed by atoms with Crippen LogP contribution in [0.15, 0.2) is 18.3 Å². The second-order valence-corrected chi connectivity index (χ2v) is 6.98. The average molecular weight is 382 g/mol. The third-order valence-corrected chi connectivity index (χ3v) is 4.92. The zero-order chi connectivity index (χ0) is 19.0. The van der Waals surface area contributed by atoms with Crippen molar-refractivity contribution in [1.29, 1.82) is 0 Å². The van der Waals surface area contributed by atoms with E-state index in [1.807, 2.05) is 0 Å². The SMILES string of the molecule is CCOP(=O)(Cc1nnc(-c2ccc(NCC(=O)O)cn2)nn1)OCC. The maximum atomic E-state index is 12.4. The van der Waals surface area contributed by atoms with Gasteiger partial charge in [-0.25, -0.2) is 0 Å². The molecule has 0 aliphatic rings. The summed E-state index contributed by atoms with van der Waals surface area (Å²) in [6.45, 7) is 3.69. The molecule has 0 fully saturated rings. The highest BCUT2D eigenvalue weighted by Gasteiger charge is 2.26. The van der Waals surface area contributed by atoms with Crippen LogP contribution in [-0.4, -0.2) is 56.2 Å². The molecule has 0 aliphatic carbocycles. The first-order valence-corrected chi connectivity index (χ1v) is 9.55. The number of carboxylic acids is 1. The number of pyridine rings is 1. The van der Waals surface area contributed by atoms with Gasteiger partial charge in [0.25, 0.3) is 0 Å². The lowest BCUT2D eigenvalue weighted by Gasteiger charge is -2.15. The zero-order valence-corrected chi connectivity index (χ0v) is 15.2. The van der Waals surface area contributed by atoms with Gasteiger partial charge in [-0.05, 0) is 26.0 Å². The van der Waals surface area contributed by atoms with Gasteiger partial charge in [0.2, 0.25) is 5.82 Å². The van der Waals surface area contributed by atoms with Crippen molar-refractivity contribution < 1.29 is 23.5 Å². The summed E-state index contributed by atoms with van der Waals surface area (Å²) in [6.07, 6.45) is 1.33. The minimum absolute atomic E-state index is 0.125. The van der Waals surface area contributed by atoms with E-state index in [1.165, 1.54) is 6.20 Å². The van der Waals surface area contributed by atoms with Crippen molar-refractivity contribution in [2.24, 2.45) is 0 Å². The zero-order valence-electron chi connectivity index (χ0n) is 14.3. The predicted octanol–water partition coefficient (Wildman–Crippen LogP) is 1.59. The third kappa shape index (κ3) is 5.80. The van der Waals surface area contributed by atoms with Crippen LogP contribution in [0.1, 0.15) is 19.7 Å². The molecule has 140 valence electrons. The van der Waals surface area contributed by atoms with Crippen LogP contribution >= 0.6 is 7.60 Å². The Hall–Kier alpha value is -2.49. The number of carboxylic acid groups (broad SMARTS) is 1. The van der Waals surface area contributed by atoms with E-state index in [4.69, 9.17) is 14.2 Å². The van der Waals surface area contributed by atoms with Crippen molar-refractivity contribution in [3.63, 3.8) is 0 Å². The second kappa shape index (κ2) is 9.27. The topological polar surface area (TPSA) is 149 Å². The fraction of sp³-hybridized carbons (Fsp3) is 0.429. The number of hydrogen-bond acceptors (Lipinski definition) is 10. The van der Waals surface area contributed by atoms with Crippen LogP contribution in [0.5, 0.6) is 0 Å². The van der Waals surface area contributed by atoms with Gasteiger partial charge in [0.15, 0.2) is 5.82 Å². The molecule has 0 spiro atoms. The van der Waals surface area contributed by atoms with E-state index >= 15 is 0 Å². The minimum atomic E-state index is -3.33. The Balaban J connectivity index is 2.06. The minimum Gasteiger partial charge on any atom is -0.480 e. The number of rotatable bonds is 10. The molecule has 2 aromatic heterocycles. The first-order valence-electron chi connectivity index (χ1n) is 7.82. The Bertz CT molecular complexity index is 760. The van der Waals surface area contributed by atoms with Gasteiger partial charge in [0, 0.05) is 0 Å². The van der Waals surface area contributed by atoms with Gasteiger partial charge in [-0.2, -0.15) is 0 Å². The fourth-order valence-electron chi connectivity index (χ4n) is 1.92. The summed E-state index contributed by atoms with van der Waals surface area (Å²) in [4.78, 5) is 14.6. The lowest BCUT2D eigenvalue weighted by molar-refractivity contribution is -0.134. The second-order valence-electron chi connectivity index (χ2n) is 4.92. The Morgan fingerprint density at radius 2 is 1.81 bits per heavy atom. The summed E-state index contributed by atoms with van der Waals surface area (Å²) in [5.74, 6) is -0.655. The highest BCUT2D eigenvalue weighted by molar-refractivity contribution is 7.53. The van der Waals surface area contributed by atoms with Gasteiger partial charge in [-0.1, -0.05) is 0 Å². The molecule has 0 saturated carbocycles. The molecule has 0 amide bonds. The van der Waals surface area contributed by atoms with Crippen LogP contribution < -0.4 is 5.32 Å². The van der Waals surface area contributed by atoms with Crippen molar-refractivity contribution in [3.8, 4) is 11.5 Å². The third-order valence-electron chi connectivity index (χ3n) is 2.94. The largest absolute Gasteiger partial charge is 0.480 e. The molecular formula is C14H19N6O5P. The molecule has 0 aliphatic heterocycles. The van der Waals surface area contributed by atoms with E-state index < -0.39 is 13.6 Å². The molecule has 0 saturated heterocycles. The van der Waals surface area contributed by atoms with Crippen LogP contribution in [0.25, 0.3) is 11.5 Å². The Morgan fingerprint density at radius 1 is 1.15 bits per heavy atom. The highest BCUT2D eigenvalue weighted by atomic mass is 31.2. The normalized spacial score (nSPS) is 11.3. The maximum absolute atomic E-state index is 12.4.